The second-order valence-corrected chi connectivity index (χ2v) is 8.16. The van der Waals surface area contributed by atoms with Crippen LogP contribution < -0.4 is 16.0 Å². The number of alkyl halides is 4. The van der Waals surface area contributed by atoms with Gasteiger partial charge >= 0.3 is 0 Å². The summed E-state index contributed by atoms with van der Waals surface area (Å²) in [5.74, 6) is -10.9. The summed E-state index contributed by atoms with van der Waals surface area (Å²) < 4.78 is 52.6. The van der Waals surface area contributed by atoms with E-state index >= 15 is 0 Å². The summed E-state index contributed by atoms with van der Waals surface area (Å²) >= 11 is 5.91. The molecule has 0 saturated heterocycles. The molecule has 1 aliphatic rings. The standard InChI is InChI=1S/C20H22ClF4N3O4/c1-19(22,23)6-5-14(15(29)18(32)26-2)28-17(31)12-7-11(21)3-4-13(12)27-16(30)10-8-20(24,25)9-10/h3-4,7,10,14H,5-6,8-9H2,1-2H3,(H,26,32)(H,27,30)(H,28,31)/t14-/m0/s1. The Morgan fingerprint density at radius 1 is 1.22 bits per heavy atom. The van der Waals surface area contributed by atoms with Gasteiger partial charge in [0.25, 0.3) is 11.8 Å². The van der Waals surface area contributed by atoms with Crippen LogP contribution in [0, 0.1) is 5.92 Å². The number of benzene rings is 1. The Bertz CT molecular complexity index is 913. The SMILES string of the molecule is CNC(=O)C(=O)[C@H](CCC(C)(F)F)NC(=O)c1cc(Cl)ccc1NC(=O)C1CC(F)(F)C1. The average molecular weight is 480 g/mol. The molecular weight excluding hydrogens is 458 g/mol. The number of ketones is 1. The minimum atomic E-state index is -3.15. The Balaban J connectivity index is 2.21. The Morgan fingerprint density at radius 3 is 2.38 bits per heavy atom. The lowest BCUT2D eigenvalue weighted by atomic mass is 9.80. The van der Waals surface area contributed by atoms with Gasteiger partial charge in [0.2, 0.25) is 23.5 Å². The lowest BCUT2D eigenvalue weighted by Crippen LogP contribution is -2.47. The Labute approximate surface area is 186 Å². The van der Waals surface area contributed by atoms with Gasteiger partial charge in [0.1, 0.15) is 0 Å². The van der Waals surface area contributed by atoms with Crippen LogP contribution in [0.3, 0.4) is 0 Å². The number of carbonyl (C=O) groups excluding carboxylic acids is 4. The zero-order valence-electron chi connectivity index (χ0n) is 17.2. The molecule has 1 aromatic rings. The van der Waals surface area contributed by atoms with Crippen molar-refractivity contribution in [1.29, 1.82) is 0 Å². The predicted molar refractivity (Wildman–Crippen MR) is 108 cm³/mol. The van der Waals surface area contributed by atoms with Gasteiger partial charge in [-0.15, -0.1) is 0 Å². The van der Waals surface area contributed by atoms with E-state index in [1.807, 2.05) is 0 Å². The van der Waals surface area contributed by atoms with E-state index in [2.05, 4.69) is 16.0 Å². The van der Waals surface area contributed by atoms with Crippen molar-refractivity contribution in [2.75, 3.05) is 12.4 Å². The van der Waals surface area contributed by atoms with Gasteiger partial charge < -0.3 is 16.0 Å². The third-order valence-electron chi connectivity index (χ3n) is 4.89. The molecule has 0 bridgehead atoms. The molecule has 3 N–H and O–H groups in total. The van der Waals surface area contributed by atoms with E-state index in [0.29, 0.717) is 6.92 Å². The molecule has 12 heteroatoms. The molecule has 1 atom stereocenters. The van der Waals surface area contributed by atoms with E-state index in [9.17, 15) is 36.7 Å². The second kappa shape index (κ2) is 9.85. The first kappa shape index (κ1) is 25.6. The van der Waals surface area contributed by atoms with Crippen LogP contribution >= 0.6 is 11.6 Å². The normalized spacial score (nSPS) is 16.5. The number of rotatable bonds is 9. The number of likely N-dealkylation sites (N-methyl/N-ethyl adjacent to an activating group) is 1. The number of anilines is 1. The molecule has 1 aliphatic carbocycles. The fourth-order valence-electron chi connectivity index (χ4n) is 3.08. The number of hydrogen-bond donors (Lipinski definition) is 3. The van der Waals surface area contributed by atoms with Crippen LogP contribution in [0.2, 0.25) is 5.02 Å². The first-order valence-electron chi connectivity index (χ1n) is 9.65. The molecule has 32 heavy (non-hydrogen) atoms. The summed E-state index contributed by atoms with van der Waals surface area (Å²) in [6.45, 7) is 0.630. The molecule has 1 aromatic carbocycles. The van der Waals surface area contributed by atoms with Crippen LogP contribution in [0.5, 0.6) is 0 Å². The molecule has 0 spiro atoms. The van der Waals surface area contributed by atoms with Crippen molar-refractivity contribution in [3.63, 3.8) is 0 Å². The van der Waals surface area contributed by atoms with Crippen LogP contribution in [0.1, 0.15) is 43.0 Å². The highest BCUT2D eigenvalue weighted by Crippen LogP contribution is 2.43. The van der Waals surface area contributed by atoms with E-state index in [-0.39, 0.29) is 16.3 Å². The first-order chi connectivity index (χ1) is 14.7. The van der Waals surface area contributed by atoms with Crippen LogP contribution in [-0.2, 0) is 14.4 Å². The number of halogens is 5. The summed E-state index contributed by atoms with van der Waals surface area (Å²) in [6, 6.07) is 2.19. The molecule has 1 fully saturated rings. The maximum atomic E-state index is 13.3. The molecule has 0 unspecified atom stereocenters. The number of carbonyl (C=O) groups is 4. The summed E-state index contributed by atoms with van der Waals surface area (Å²) in [5, 5.41) is 6.74. The summed E-state index contributed by atoms with van der Waals surface area (Å²) in [4.78, 5) is 48.9. The zero-order chi connectivity index (χ0) is 24.3. The maximum absolute atomic E-state index is 13.3. The monoisotopic (exact) mass is 479 g/mol. The molecule has 7 nitrogen and oxygen atoms in total. The molecule has 0 heterocycles. The fraction of sp³-hybridized carbons (Fsp3) is 0.500. The van der Waals surface area contributed by atoms with Gasteiger partial charge in [-0.3, -0.25) is 19.2 Å². The molecule has 0 aromatic heterocycles. The highest BCUT2D eigenvalue weighted by molar-refractivity contribution is 6.38. The van der Waals surface area contributed by atoms with Crippen LogP contribution in [0.25, 0.3) is 0 Å². The van der Waals surface area contributed by atoms with Crippen molar-refractivity contribution in [2.24, 2.45) is 5.92 Å². The van der Waals surface area contributed by atoms with Crippen molar-refractivity contribution in [3.05, 3.63) is 28.8 Å². The Hall–Kier alpha value is -2.69. The van der Waals surface area contributed by atoms with Gasteiger partial charge in [0.05, 0.1) is 17.3 Å². The van der Waals surface area contributed by atoms with Gasteiger partial charge in [-0.1, -0.05) is 11.6 Å². The van der Waals surface area contributed by atoms with E-state index < -0.39 is 73.0 Å². The predicted octanol–water partition coefficient (Wildman–Crippen LogP) is 3.17. The maximum Gasteiger partial charge on any atom is 0.289 e. The van der Waals surface area contributed by atoms with Crippen LogP contribution in [0.4, 0.5) is 23.2 Å². The molecule has 0 radical (unpaired) electrons. The van der Waals surface area contributed by atoms with Crippen LogP contribution in [0.15, 0.2) is 18.2 Å². The fourth-order valence-corrected chi connectivity index (χ4v) is 3.25. The van der Waals surface area contributed by atoms with Crippen molar-refractivity contribution in [1.82, 2.24) is 10.6 Å². The summed E-state index contributed by atoms with van der Waals surface area (Å²) in [7, 11) is 1.17. The lowest BCUT2D eigenvalue weighted by molar-refractivity contribution is -0.145. The number of Topliss-reactive ketones (excluding diaryl/α,β-unsaturated/α-hetero) is 1. The van der Waals surface area contributed by atoms with Gasteiger partial charge in [-0.25, -0.2) is 17.6 Å². The van der Waals surface area contributed by atoms with Crippen molar-refractivity contribution >= 4 is 40.8 Å². The van der Waals surface area contributed by atoms with Crippen molar-refractivity contribution < 1.29 is 36.7 Å². The Morgan fingerprint density at radius 2 is 1.84 bits per heavy atom. The molecule has 0 aliphatic heterocycles. The summed E-state index contributed by atoms with van der Waals surface area (Å²) in [5.41, 5.74) is -0.297. The number of amides is 3. The topological polar surface area (TPSA) is 104 Å². The smallest absolute Gasteiger partial charge is 0.289 e. The zero-order valence-corrected chi connectivity index (χ0v) is 18.0. The molecule has 2 rings (SSSR count). The van der Waals surface area contributed by atoms with E-state index in [4.69, 9.17) is 11.6 Å². The molecular formula is C20H22ClF4N3O4. The largest absolute Gasteiger partial charge is 0.353 e. The highest BCUT2D eigenvalue weighted by atomic mass is 35.5. The minimum Gasteiger partial charge on any atom is -0.353 e. The van der Waals surface area contributed by atoms with Gasteiger partial charge in [0, 0.05) is 37.3 Å². The van der Waals surface area contributed by atoms with Gasteiger partial charge in [-0.2, -0.15) is 0 Å². The van der Waals surface area contributed by atoms with E-state index in [1.165, 1.54) is 19.2 Å². The lowest BCUT2D eigenvalue weighted by Gasteiger charge is -2.33. The van der Waals surface area contributed by atoms with Gasteiger partial charge in [-0.05, 0) is 31.5 Å². The van der Waals surface area contributed by atoms with Crippen molar-refractivity contribution in [2.45, 2.75) is 50.5 Å². The molecule has 1 saturated carbocycles. The van der Waals surface area contributed by atoms with Crippen LogP contribution in [-0.4, -0.2) is 48.4 Å². The third-order valence-corrected chi connectivity index (χ3v) is 5.12. The molecule has 3 amide bonds. The third kappa shape index (κ3) is 6.91. The minimum absolute atomic E-state index is 0.0703. The first-order valence-corrected chi connectivity index (χ1v) is 10.0. The van der Waals surface area contributed by atoms with E-state index in [0.717, 1.165) is 6.07 Å². The molecule has 176 valence electrons. The van der Waals surface area contributed by atoms with Crippen molar-refractivity contribution in [3.8, 4) is 0 Å². The second-order valence-electron chi connectivity index (χ2n) is 7.72. The quantitative estimate of drug-likeness (QED) is 0.374. The highest BCUT2D eigenvalue weighted by Gasteiger charge is 2.48. The average Bonchev–Trinajstić information content (AvgIpc) is 2.68. The number of nitrogens with one attached hydrogen (secondary N) is 3. The summed E-state index contributed by atoms with van der Waals surface area (Å²) in [6.07, 6.45) is -2.56. The van der Waals surface area contributed by atoms with E-state index in [1.54, 1.807) is 0 Å². The number of hydrogen-bond acceptors (Lipinski definition) is 4. The van der Waals surface area contributed by atoms with Gasteiger partial charge in [0.15, 0.2) is 0 Å². The Kier molecular flexibility index (Phi) is 7.87.